The summed E-state index contributed by atoms with van der Waals surface area (Å²) in [6, 6.07) is 0. The van der Waals surface area contributed by atoms with Crippen molar-refractivity contribution in [2.45, 2.75) is 297 Å². The van der Waals surface area contributed by atoms with Gasteiger partial charge in [-0.3, -0.25) is 14.4 Å². The highest BCUT2D eigenvalue weighted by Crippen LogP contribution is 2.15. The van der Waals surface area contributed by atoms with Crippen molar-refractivity contribution in [3.63, 3.8) is 0 Å². The molecule has 0 aromatic carbocycles. The van der Waals surface area contributed by atoms with Crippen molar-refractivity contribution in [2.24, 2.45) is 0 Å². The minimum Gasteiger partial charge on any atom is -0.462 e. The molecule has 0 N–H and O–H groups in total. The van der Waals surface area contributed by atoms with Crippen molar-refractivity contribution < 1.29 is 28.6 Å². The number of esters is 3. The van der Waals surface area contributed by atoms with Gasteiger partial charge in [-0.1, -0.05) is 241 Å². The smallest absolute Gasteiger partial charge is 0.306 e. The van der Waals surface area contributed by atoms with E-state index in [1.54, 1.807) is 0 Å². The third-order valence-electron chi connectivity index (χ3n) is 12.9. The van der Waals surface area contributed by atoms with Crippen LogP contribution in [0.15, 0.2) is 85.1 Å². The Morgan fingerprint density at radius 2 is 0.549 bits per heavy atom. The molecule has 0 fully saturated rings. The van der Waals surface area contributed by atoms with E-state index in [9.17, 15) is 14.4 Å². The van der Waals surface area contributed by atoms with Crippen LogP contribution in [0.4, 0.5) is 0 Å². The summed E-state index contributed by atoms with van der Waals surface area (Å²) < 4.78 is 16.9. The second-order valence-corrected chi connectivity index (χ2v) is 19.9. The van der Waals surface area contributed by atoms with Crippen LogP contribution in [0.1, 0.15) is 290 Å². The third-order valence-corrected chi connectivity index (χ3v) is 12.9. The molecular weight excluding hydrogens is 877 g/mol. The van der Waals surface area contributed by atoms with E-state index < -0.39 is 6.10 Å². The fourth-order valence-corrected chi connectivity index (χ4v) is 8.34. The molecule has 0 aliphatic rings. The second kappa shape index (κ2) is 59.2. The summed E-state index contributed by atoms with van der Waals surface area (Å²) >= 11 is 0. The first-order valence-electron chi connectivity index (χ1n) is 30.1. The quantitative estimate of drug-likeness (QED) is 0.0261. The number of hydrogen-bond acceptors (Lipinski definition) is 6. The minimum absolute atomic E-state index is 0.0870. The van der Waals surface area contributed by atoms with Crippen molar-refractivity contribution in [2.75, 3.05) is 13.2 Å². The molecule has 0 radical (unpaired) electrons. The third kappa shape index (κ3) is 57.4. The normalized spacial score (nSPS) is 12.7. The van der Waals surface area contributed by atoms with E-state index in [2.05, 4.69) is 106 Å². The number of carbonyl (C=O) groups excluding carboxylic acids is 3. The van der Waals surface area contributed by atoms with Crippen LogP contribution in [0.25, 0.3) is 0 Å². The molecule has 0 amide bonds. The fraction of sp³-hybridized carbons (Fsp3) is 0.738. The zero-order chi connectivity index (χ0) is 51.4. The predicted molar refractivity (Wildman–Crippen MR) is 307 cm³/mol. The highest BCUT2D eigenvalue weighted by molar-refractivity contribution is 5.71. The molecule has 6 heteroatoms. The Balaban J connectivity index is 4.39. The first-order valence-corrected chi connectivity index (χ1v) is 30.1. The lowest BCUT2D eigenvalue weighted by Crippen LogP contribution is -2.30. The van der Waals surface area contributed by atoms with Gasteiger partial charge in [0, 0.05) is 19.3 Å². The molecule has 0 saturated carbocycles. The Hall–Kier alpha value is -3.41. The molecule has 71 heavy (non-hydrogen) atoms. The van der Waals surface area contributed by atoms with Crippen LogP contribution in [0, 0.1) is 0 Å². The molecule has 0 aromatic rings. The van der Waals surface area contributed by atoms with Gasteiger partial charge in [0.1, 0.15) is 13.2 Å². The maximum atomic E-state index is 12.9. The monoisotopic (exact) mass is 989 g/mol. The van der Waals surface area contributed by atoms with Gasteiger partial charge in [-0.15, -0.1) is 0 Å². The molecule has 0 rings (SSSR count). The van der Waals surface area contributed by atoms with Crippen LogP contribution in [-0.2, 0) is 28.6 Å². The van der Waals surface area contributed by atoms with E-state index in [1.165, 1.54) is 135 Å². The standard InChI is InChI=1S/C65H112O6/c1-4-7-10-13-16-19-22-25-28-30-31-32-33-34-35-36-38-40-43-46-49-52-55-58-64(67)70-61-62(60-69-63(66)57-54-51-48-45-42-39-27-24-21-18-15-12-9-6-3)71-65(68)59-56-53-50-47-44-41-37-29-26-23-20-17-14-11-8-5-2/h7,10,16,19,24-25,27-29,31-32,34-35,37,62H,4-6,8-9,11-15,17-18,20-23,26,30,33,36,38-61H2,1-3H3/b10-7-,19-16-,27-24-,28-25-,32-31-,35-34-,37-29-. The van der Waals surface area contributed by atoms with Crippen molar-refractivity contribution in [3.05, 3.63) is 85.1 Å². The summed E-state index contributed by atoms with van der Waals surface area (Å²) in [5.41, 5.74) is 0. The molecule has 0 bridgehead atoms. The van der Waals surface area contributed by atoms with E-state index in [-0.39, 0.29) is 31.1 Å². The van der Waals surface area contributed by atoms with E-state index in [4.69, 9.17) is 14.2 Å². The summed E-state index contributed by atoms with van der Waals surface area (Å²) in [5, 5.41) is 0. The maximum Gasteiger partial charge on any atom is 0.306 e. The number of allylic oxidation sites excluding steroid dienone is 14. The molecule has 0 saturated heterocycles. The Kier molecular flexibility index (Phi) is 56.3. The van der Waals surface area contributed by atoms with Gasteiger partial charge in [-0.2, -0.15) is 0 Å². The molecule has 0 aromatic heterocycles. The van der Waals surface area contributed by atoms with Crippen LogP contribution in [0.5, 0.6) is 0 Å². The topological polar surface area (TPSA) is 78.9 Å². The van der Waals surface area contributed by atoms with Crippen molar-refractivity contribution in [1.82, 2.24) is 0 Å². The highest BCUT2D eigenvalue weighted by Gasteiger charge is 2.19. The Bertz CT molecular complexity index is 1370. The van der Waals surface area contributed by atoms with Gasteiger partial charge in [-0.05, 0) is 116 Å². The summed E-state index contributed by atoms with van der Waals surface area (Å²) in [5.74, 6) is -0.906. The van der Waals surface area contributed by atoms with E-state index in [1.807, 2.05) is 0 Å². The lowest BCUT2D eigenvalue weighted by Gasteiger charge is -2.18. The highest BCUT2D eigenvalue weighted by atomic mass is 16.6. The maximum absolute atomic E-state index is 12.9. The molecule has 1 unspecified atom stereocenters. The SMILES string of the molecule is CC/C=C\C/C=C\C/C=C\C/C=C\C/C=C\CCCCCCCCCC(=O)OCC(COC(=O)CCCCCCC/C=C\CCCCCCC)OC(=O)CCCCCCC/C=C\CCCCCCCCC. The second-order valence-electron chi connectivity index (χ2n) is 19.9. The number of hydrogen-bond donors (Lipinski definition) is 0. The average Bonchev–Trinajstić information content (AvgIpc) is 3.37. The molecule has 1 atom stereocenters. The van der Waals surface area contributed by atoms with Gasteiger partial charge >= 0.3 is 17.9 Å². The van der Waals surface area contributed by atoms with Crippen LogP contribution >= 0.6 is 0 Å². The molecular formula is C65H112O6. The van der Waals surface area contributed by atoms with Crippen LogP contribution in [-0.4, -0.2) is 37.2 Å². The lowest BCUT2D eigenvalue weighted by atomic mass is 10.1. The zero-order valence-corrected chi connectivity index (χ0v) is 46.7. The van der Waals surface area contributed by atoms with Gasteiger partial charge in [-0.25, -0.2) is 0 Å². The van der Waals surface area contributed by atoms with Crippen LogP contribution in [0.2, 0.25) is 0 Å². The Morgan fingerprint density at radius 3 is 0.873 bits per heavy atom. The molecule has 0 aliphatic heterocycles. The largest absolute Gasteiger partial charge is 0.462 e. The fourth-order valence-electron chi connectivity index (χ4n) is 8.34. The minimum atomic E-state index is -0.790. The lowest BCUT2D eigenvalue weighted by molar-refractivity contribution is -0.167. The number of ether oxygens (including phenoxy) is 3. The summed E-state index contributed by atoms with van der Waals surface area (Å²) in [6.45, 7) is 6.51. The first kappa shape index (κ1) is 67.6. The average molecular weight is 990 g/mol. The molecule has 408 valence electrons. The van der Waals surface area contributed by atoms with E-state index in [0.717, 1.165) is 116 Å². The number of unbranched alkanes of at least 4 members (excludes halogenated alkanes) is 29. The predicted octanol–water partition coefficient (Wildman–Crippen LogP) is 20.3. The first-order chi connectivity index (χ1) is 35.0. The molecule has 0 heterocycles. The Morgan fingerprint density at radius 1 is 0.296 bits per heavy atom. The Labute approximate surface area is 439 Å². The summed E-state index contributed by atoms with van der Waals surface area (Å²) in [7, 11) is 0. The van der Waals surface area contributed by atoms with Crippen molar-refractivity contribution in [3.8, 4) is 0 Å². The van der Waals surface area contributed by atoms with Crippen molar-refractivity contribution in [1.29, 1.82) is 0 Å². The summed E-state index contributed by atoms with van der Waals surface area (Å²) in [4.78, 5) is 38.2. The zero-order valence-electron chi connectivity index (χ0n) is 46.7. The van der Waals surface area contributed by atoms with Gasteiger partial charge in [0.05, 0.1) is 0 Å². The summed E-state index contributed by atoms with van der Waals surface area (Å²) in [6.07, 6.45) is 77.1. The van der Waals surface area contributed by atoms with E-state index >= 15 is 0 Å². The van der Waals surface area contributed by atoms with Gasteiger partial charge in [0.25, 0.3) is 0 Å². The van der Waals surface area contributed by atoms with E-state index in [0.29, 0.717) is 19.3 Å². The van der Waals surface area contributed by atoms with Gasteiger partial charge in [0.2, 0.25) is 0 Å². The molecule has 0 spiro atoms. The van der Waals surface area contributed by atoms with Crippen LogP contribution in [0.3, 0.4) is 0 Å². The number of carbonyl (C=O) groups is 3. The number of rotatable bonds is 54. The molecule has 0 aliphatic carbocycles. The van der Waals surface area contributed by atoms with Crippen LogP contribution < -0.4 is 0 Å². The molecule has 6 nitrogen and oxygen atoms in total. The van der Waals surface area contributed by atoms with Gasteiger partial charge < -0.3 is 14.2 Å². The van der Waals surface area contributed by atoms with Gasteiger partial charge in [0.15, 0.2) is 6.10 Å². The van der Waals surface area contributed by atoms with Crippen molar-refractivity contribution >= 4 is 17.9 Å².